The number of nitrogens with zero attached hydrogens (tertiary/aromatic N) is 1. The first-order valence-corrected chi connectivity index (χ1v) is 17.9. The number of carbonyl (C=O) groups excluding carboxylic acids is 5. The zero-order chi connectivity index (χ0) is 40.1. The Bertz CT molecular complexity index is 1370. The van der Waals surface area contributed by atoms with E-state index in [1.54, 1.807) is 12.1 Å². The first-order valence-electron chi connectivity index (χ1n) is 17.9. The van der Waals surface area contributed by atoms with E-state index in [0.29, 0.717) is 24.9 Å². The number of hydrogen-bond donors (Lipinski definition) is 11. The van der Waals surface area contributed by atoms with Gasteiger partial charge in [0.25, 0.3) is 0 Å². The summed E-state index contributed by atoms with van der Waals surface area (Å²) in [6, 6.07) is 0.240. The lowest BCUT2D eigenvalue weighted by Gasteiger charge is -2.28. The molecule has 0 aliphatic heterocycles. The number of aliphatic carboxylic acids is 1. The number of nitrogens with one attached hydrogen (secondary N) is 5. The van der Waals surface area contributed by atoms with Crippen LogP contribution in [0.1, 0.15) is 78.2 Å². The normalized spacial score (nSPS) is 13.9. The number of carbonyl (C=O) groups is 6. The number of carboxylic acids is 1. The van der Waals surface area contributed by atoms with E-state index in [2.05, 4.69) is 31.6 Å². The molecule has 0 spiro atoms. The molecule has 0 heterocycles. The highest BCUT2D eigenvalue weighted by Gasteiger charge is 2.33. The van der Waals surface area contributed by atoms with Gasteiger partial charge in [-0.05, 0) is 81.0 Å². The van der Waals surface area contributed by atoms with Crippen LogP contribution >= 0.6 is 0 Å². The Kier molecular flexibility index (Phi) is 21.1. The smallest absolute Gasteiger partial charge is 0.326 e. The van der Waals surface area contributed by atoms with Crippen LogP contribution < -0.4 is 49.5 Å². The highest BCUT2D eigenvalue weighted by atomic mass is 16.4. The van der Waals surface area contributed by atoms with Crippen molar-refractivity contribution in [3.05, 3.63) is 29.8 Å². The second-order valence-electron chi connectivity index (χ2n) is 13.8. The van der Waals surface area contributed by atoms with Gasteiger partial charge >= 0.3 is 5.97 Å². The van der Waals surface area contributed by atoms with Crippen molar-refractivity contribution in [2.75, 3.05) is 19.6 Å². The third-order valence-electron chi connectivity index (χ3n) is 8.03. The molecule has 0 unspecified atom stereocenters. The fourth-order valence-electron chi connectivity index (χ4n) is 5.35. The summed E-state index contributed by atoms with van der Waals surface area (Å²) in [5, 5.41) is 32.5. The van der Waals surface area contributed by atoms with E-state index in [9.17, 15) is 39.0 Å². The van der Waals surface area contributed by atoms with Crippen LogP contribution in [-0.2, 0) is 35.2 Å². The SMILES string of the molecule is CC(C)C[C@H](NC(=O)[C@H](CCCN=C(N)N)NC(=O)[C@H](CC(C)C)NC(=O)[C@H](Cc1ccc(O)cc1)NC(=O)CN)C(=O)N[C@@H](CCCCN)C(=O)O. The Balaban J connectivity index is 3.33. The van der Waals surface area contributed by atoms with Crippen LogP contribution in [0.4, 0.5) is 0 Å². The molecule has 298 valence electrons. The van der Waals surface area contributed by atoms with Gasteiger partial charge in [0.15, 0.2) is 5.96 Å². The topological polar surface area (TPSA) is 319 Å². The molecule has 0 bridgehead atoms. The third kappa shape index (κ3) is 18.9. The van der Waals surface area contributed by atoms with Crippen molar-refractivity contribution >= 4 is 41.5 Å². The monoisotopic (exact) mass is 748 g/mol. The highest BCUT2D eigenvalue weighted by molar-refractivity contribution is 5.96. The number of unbranched alkanes of at least 4 members (excludes halogenated alkanes) is 1. The van der Waals surface area contributed by atoms with Crippen LogP contribution in [-0.4, -0.2) is 102 Å². The van der Waals surface area contributed by atoms with E-state index in [1.807, 2.05) is 27.7 Å². The number of guanidine groups is 1. The zero-order valence-electron chi connectivity index (χ0n) is 31.2. The van der Waals surface area contributed by atoms with Crippen LogP contribution in [0.2, 0.25) is 0 Å². The van der Waals surface area contributed by atoms with E-state index >= 15 is 0 Å². The number of amides is 5. The minimum atomic E-state index is -1.22. The molecule has 1 aromatic rings. The summed E-state index contributed by atoms with van der Waals surface area (Å²) in [7, 11) is 0. The maximum atomic E-state index is 13.8. The second kappa shape index (κ2) is 24.3. The molecule has 5 amide bonds. The lowest BCUT2D eigenvalue weighted by atomic mass is 9.99. The summed E-state index contributed by atoms with van der Waals surface area (Å²) in [4.78, 5) is 82.7. The van der Waals surface area contributed by atoms with E-state index in [1.165, 1.54) is 12.1 Å². The van der Waals surface area contributed by atoms with Crippen LogP contribution in [0.15, 0.2) is 29.3 Å². The van der Waals surface area contributed by atoms with Crippen molar-refractivity contribution in [2.45, 2.75) is 109 Å². The summed E-state index contributed by atoms with van der Waals surface area (Å²) in [6.45, 7) is 7.47. The molecular weight excluding hydrogens is 688 g/mol. The van der Waals surface area contributed by atoms with Crippen LogP contribution in [0.25, 0.3) is 0 Å². The summed E-state index contributed by atoms with van der Waals surface area (Å²) in [6.07, 6.45) is 1.86. The van der Waals surface area contributed by atoms with Gasteiger partial charge in [0, 0.05) is 13.0 Å². The predicted molar refractivity (Wildman–Crippen MR) is 200 cm³/mol. The maximum Gasteiger partial charge on any atom is 0.326 e. The first-order chi connectivity index (χ1) is 25.0. The van der Waals surface area contributed by atoms with Crippen molar-refractivity contribution in [3.63, 3.8) is 0 Å². The number of nitrogens with two attached hydrogens (primary N) is 4. The molecule has 15 N–H and O–H groups in total. The number of carboxylic acid groups (broad SMARTS) is 1. The number of phenols is 1. The third-order valence-corrected chi connectivity index (χ3v) is 8.03. The fourth-order valence-corrected chi connectivity index (χ4v) is 5.35. The van der Waals surface area contributed by atoms with Crippen molar-refractivity contribution in [1.29, 1.82) is 0 Å². The van der Waals surface area contributed by atoms with Crippen molar-refractivity contribution in [1.82, 2.24) is 26.6 Å². The standard InChI is InChI=1S/C35H60N10O8/c1-20(2)16-26(45-33(51)28(41-29(47)19-37)18-22-10-12-23(46)13-11-22)31(49)42-24(9-7-15-40-35(38)39)30(48)44-27(17-21(3)4)32(50)43-25(34(52)53)8-5-6-14-36/h10-13,20-21,24-28,46H,5-9,14-19,36-37H2,1-4H3,(H,41,47)(H,42,49)(H,43,50)(H,44,48)(H,45,51)(H,52,53)(H4,38,39,40)/t24-,25-,26-,27-,28-/m0/s1. The molecule has 0 saturated carbocycles. The Morgan fingerprint density at radius 2 is 1.13 bits per heavy atom. The zero-order valence-corrected chi connectivity index (χ0v) is 31.2. The molecule has 5 atom stereocenters. The maximum absolute atomic E-state index is 13.8. The van der Waals surface area contributed by atoms with Gasteiger partial charge < -0.3 is 59.7 Å². The van der Waals surface area contributed by atoms with Gasteiger partial charge in [-0.3, -0.25) is 29.0 Å². The van der Waals surface area contributed by atoms with Gasteiger partial charge in [0.05, 0.1) is 6.54 Å². The lowest BCUT2D eigenvalue weighted by Crippen LogP contribution is -2.59. The largest absolute Gasteiger partial charge is 0.508 e. The Morgan fingerprint density at radius 3 is 1.60 bits per heavy atom. The van der Waals surface area contributed by atoms with Gasteiger partial charge in [-0.2, -0.15) is 0 Å². The molecular formula is C35H60N10O8. The highest BCUT2D eigenvalue weighted by Crippen LogP contribution is 2.14. The molecule has 0 saturated heterocycles. The van der Waals surface area contributed by atoms with Crippen LogP contribution in [0.3, 0.4) is 0 Å². The summed E-state index contributed by atoms with van der Waals surface area (Å²) < 4.78 is 0. The number of hydrogen-bond acceptors (Lipinski definition) is 10. The molecule has 53 heavy (non-hydrogen) atoms. The lowest BCUT2D eigenvalue weighted by molar-refractivity contribution is -0.142. The first kappa shape index (κ1) is 46.1. The predicted octanol–water partition coefficient (Wildman–Crippen LogP) is -1.32. The summed E-state index contributed by atoms with van der Waals surface area (Å²) in [5.74, 6) is -4.92. The fraction of sp³-hybridized carbons (Fsp3) is 0.629. The number of phenolic OH excluding ortho intramolecular Hbond substituents is 1. The van der Waals surface area contributed by atoms with Crippen LogP contribution in [0, 0.1) is 11.8 Å². The molecule has 0 radical (unpaired) electrons. The molecule has 0 aliphatic carbocycles. The average Bonchev–Trinajstić information content (AvgIpc) is 3.08. The minimum absolute atomic E-state index is 0.0187. The number of aromatic hydroxyl groups is 1. The van der Waals surface area contributed by atoms with Gasteiger partial charge in [0.2, 0.25) is 29.5 Å². The minimum Gasteiger partial charge on any atom is -0.508 e. The molecule has 18 nitrogen and oxygen atoms in total. The van der Waals surface area contributed by atoms with E-state index in [-0.39, 0.29) is 75.2 Å². The molecule has 1 aromatic carbocycles. The van der Waals surface area contributed by atoms with Crippen molar-refractivity contribution in [3.8, 4) is 5.75 Å². The van der Waals surface area contributed by atoms with Crippen molar-refractivity contribution in [2.24, 2.45) is 39.8 Å². The van der Waals surface area contributed by atoms with Gasteiger partial charge in [-0.25, -0.2) is 4.79 Å². The molecule has 0 aromatic heterocycles. The second-order valence-corrected chi connectivity index (χ2v) is 13.8. The average molecular weight is 749 g/mol. The van der Waals surface area contributed by atoms with E-state index in [4.69, 9.17) is 22.9 Å². The Labute approximate surface area is 311 Å². The molecule has 18 heteroatoms. The van der Waals surface area contributed by atoms with Crippen molar-refractivity contribution < 1.29 is 39.0 Å². The van der Waals surface area contributed by atoms with Gasteiger partial charge in [-0.1, -0.05) is 39.8 Å². The molecule has 0 aliphatic rings. The van der Waals surface area contributed by atoms with E-state index in [0.717, 1.165) is 0 Å². The summed E-state index contributed by atoms with van der Waals surface area (Å²) in [5.41, 5.74) is 22.5. The Morgan fingerprint density at radius 1 is 0.660 bits per heavy atom. The molecule has 1 rings (SSSR count). The Hall–Kier alpha value is -4.97. The number of rotatable bonds is 25. The number of aliphatic imine (C=N–C) groups is 1. The van der Waals surface area contributed by atoms with Crippen LogP contribution in [0.5, 0.6) is 5.75 Å². The molecule has 0 fully saturated rings. The number of benzene rings is 1. The van der Waals surface area contributed by atoms with E-state index < -0.39 is 65.7 Å². The van der Waals surface area contributed by atoms with Gasteiger partial charge in [-0.15, -0.1) is 0 Å². The van der Waals surface area contributed by atoms with Gasteiger partial charge in [0.1, 0.15) is 36.0 Å². The quantitative estimate of drug-likeness (QED) is 0.0315. The summed E-state index contributed by atoms with van der Waals surface area (Å²) >= 11 is 0.